The summed E-state index contributed by atoms with van der Waals surface area (Å²) in [5.74, 6) is 0.0671. The Morgan fingerprint density at radius 1 is 1.07 bits per heavy atom. The maximum atomic E-state index is 12.3. The monoisotopic (exact) mass is 515 g/mol. The number of rotatable bonds is 6. The highest BCUT2D eigenvalue weighted by Crippen LogP contribution is 2.48. The summed E-state index contributed by atoms with van der Waals surface area (Å²) in [7, 11) is 1.72. The van der Waals surface area contributed by atoms with E-state index in [1.54, 1.807) is 17.8 Å². The fourth-order valence-corrected chi connectivity index (χ4v) is 3.78. The molecular weight excluding hydrogens is 507 g/mol. The molecule has 0 saturated carbocycles. The van der Waals surface area contributed by atoms with Gasteiger partial charge in [-0.25, -0.2) is 0 Å². The number of aromatic nitrogens is 2. The van der Waals surface area contributed by atoms with E-state index in [2.05, 4.69) is 10.4 Å². The number of hydrogen-bond acceptors (Lipinski definition) is 4. The molecule has 12 heteroatoms. The van der Waals surface area contributed by atoms with E-state index in [4.69, 9.17) is 78.8 Å². The van der Waals surface area contributed by atoms with Gasteiger partial charge in [-0.3, -0.25) is 9.48 Å². The minimum absolute atomic E-state index is 0.0173. The lowest BCUT2D eigenvalue weighted by molar-refractivity contribution is 0.0918. The van der Waals surface area contributed by atoms with Gasteiger partial charge in [0, 0.05) is 7.05 Å². The van der Waals surface area contributed by atoms with E-state index in [1.165, 1.54) is 12.3 Å². The van der Waals surface area contributed by atoms with Crippen LogP contribution in [0.1, 0.15) is 22.0 Å². The van der Waals surface area contributed by atoms with Crippen molar-refractivity contribution in [3.05, 3.63) is 65.7 Å². The Morgan fingerprint density at radius 2 is 1.69 bits per heavy atom. The van der Waals surface area contributed by atoms with Crippen LogP contribution in [0.4, 0.5) is 0 Å². The maximum Gasteiger partial charge on any atom is 0.287 e. The van der Waals surface area contributed by atoms with Crippen LogP contribution in [-0.4, -0.2) is 15.7 Å². The number of hydrogen-bond donors (Lipinski definition) is 1. The van der Waals surface area contributed by atoms with Crippen LogP contribution in [0.2, 0.25) is 30.1 Å². The SMILES string of the molecule is Cn1ncc(Cl)c1CNC(=O)c1ccc(COc2c(Cl)c(Cl)c(Cl)c(Cl)c2Cl)o1. The number of carbonyl (C=O) groups is 1. The molecule has 154 valence electrons. The molecule has 0 aliphatic carbocycles. The van der Waals surface area contributed by atoms with Crippen molar-refractivity contribution >= 4 is 75.5 Å². The molecule has 0 bridgehead atoms. The normalized spacial score (nSPS) is 11.0. The highest BCUT2D eigenvalue weighted by atomic mass is 35.5. The van der Waals surface area contributed by atoms with Crippen LogP contribution in [0.5, 0.6) is 5.75 Å². The number of carbonyl (C=O) groups excluding carboxylic acids is 1. The van der Waals surface area contributed by atoms with Gasteiger partial charge in [-0.2, -0.15) is 5.10 Å². The number of nitrogens with one attached hydrogen (secondary N) is 1. The fourth-order valence-electron chi connectivity index (χ4n) is 2.32. The quantitative estimate of drug-likeness (QED) is 0.301. The average molecular weight is 518 g/mol. The van der Waals surface area contributed by atoms with E-state index < -0.39 is 5.91 Å². The van der Waals surface area contributed by atoms with Crippen LogP contribution in [0.15, 0.2) is 22.7 Å². The van der Waals surface area contributed by atoms with Crippen LogP contribution in [0, 0.1) is 0 Å². The summed E-state index contributed by atoms with van der Waals surface area (Å²) in [5, 5.41) is 7.26. The van der Waals surface area contributed by atoms with Crippen molar-refractivity contribution in [1.29, 1.82) is 0 Å². The van der Waals surface area contributed by atoms with Gasteiger partial charge in [0.1, 0.15) is 22.4 Å². The standard InChI is InChI=1S/C17H11Cl6N3O3/c1-26-9(8(18)4-25-26)5-24-17(27)10-3-2-7(29-10)6-28-16-14(22)12(20)11(19)13(21)15(16)23/h2-4H,5-6H2,1H3,(H,24,27). The van der Waals surface area contributed by atoms with Gasteiger partial charge in [0.05, 0.1) is 38.5 Å². The van der Waals surface area contributed by atoms with Gasteiger partial charge >= 0.3 is 0 Å². The van der Waals surface area contributed by atoms with Crippen LogP contribution in [-0.2, 0) is 20.2 Å². The molecule has 0 fully saturated rings. The zero-order valence-corrected chi connectivity index (χ0v) is 19.1. The Hall–Kier alpha value is -1.28. The zero-order valence-electron chi connectivity index (χ0n) is 14.5. The van der Waals surface area contributed by atoms with Crippen molar-refractivity contribution < 1.29 is 13.9 Å². The summed E-state index contributed by atoms with van der Waals surface area (Å²) in [6.45, 7) is 0.113. The molecule has 3 aromatic rings. The Bertz CT molecular complexity index is 1030. The molecule has 3 rings (SSSR count). The van der Waals surface area contributed by atoms with Gasteiger partial charge in [0.25, 0.3) is 5.91 Å². The Kier molecular flexibility index (Phi) is 7.14. The predicted octanol–water partition coefficient (Wildman–Crippen LogP) is 6.44. The second-order valence-electron chi connectivity index (χ2n) is 5.70. The summed E-state index contributed by atoms with van der Waals surface area (Å²) in [4.78, 5) is 12.3. The minimum atomic E-state index is -0.429. The zero-order chi connectivity index (χ0) is 21.3. The molecule has 0 spiro atoms. The number of aryl methyl sites for hydroxylation is 1. The Morgan fingerprint density at radius 3 is 2.28 bits per heavy atom. The number of nitrogens with zero attached hydrogens (tertiary/aromatic N) is 2. The molecule has 2 heterocycles. The van der Waals surface area contributed by atoms with Crippen LogP contribution in [0.3, 0.4) is 0 Å². The molecule has 0 atom stereocenters. The van der Waals surface area contributed by atoms with Crippen molar-refractivity contribution in [2.75, 3.05) is 0 Å². The molecule has 6 nitrogen and oxygen atoms in total. The summed E-state index contributed by atoms with van der Waals surface area (Å²) < 4.78 is 12.6. The van der Waals surface area contributed by atoms with Crippen LogP contribution in [0.25, 0.3) is 0 Å². The molecule has 2 aromatic heterocycles. The molecule has 1 N–H and O–H groups in total. The van der Waals surface area contributed by atoms with Gasteiger partial charge in [-0.1, -0.05) is 69.6 Å². The van der Waals surface area contributed by atoms with E-state index in [1.807, 2.05) is 0 Å². The van der Waals surface area contributed by atoms with E-state index in [0.29, 0.717) is 16.5 Å². The Labute approximate surface area is 195 Å². The molecule has 29 heavy (non-hydrogen) atoms. The topological polar surface area (TPSA) is 69.3 Å². The summed E-state index contributed by atoms with van der Waals surface area (Å²) in [5.41, 5.74) is 0.663. The van der Waals surface area contributed by atoms with E-state index in [9.17, 15) is 4.79 Å². The first-order valence-corrected chi connectivity index (χ1v) is 10.1. The van der Waals surface area contributed by atoms with Gasteiger partial charge < -0.3 is 14.5 Å². The first-order chi connectivity index (χ1) is 13.7. The average Bonchev–Trinajstić information content (AvgIpc) is 3.30. The van der Waals surface area contributed by atoms with Gasteiger partial charge in [-0.05, 0) is 12.1 Å². The highest BCUT2D eigenvalue weighted by Gasteiger charge is 2.21. The van der Waals surface area contributed by atoms with Gasteiger partial charge in [-0.15, -0.1) is 0 Å². The van der Waals surface area contributed by atoms with E-state index in [-0.39, 0.29) is 49.8 Å². The van der Waals surface area contributed by atoms with Crippen molar-refractivity contribution in [2.24, 2.45) is 7.05 Å². The molecule has 1 amide bonds. The van der Waals surface area contributed by atoms with E-state index >= 15 is 0 Å². The first-order valence-electron chi connectivity index (χ1n) is 7.88. The minimum Gasteiger partial charge on any atom is -0.482 e. The highest BCUT2D eigenvalue weighted by molar-refractivity contribution is 6.55. The third kappa shape index (κ3) is 4.74. The molecule has 0 aliphatic heterocycles. The molecule has 0 saturated heterocycles. The van der Waals surface area contributed by atoms with Crippen molar-refractivity contribution in [1.82, 2.24) is 15.1 Å². The smallest absolute Gasteiger partial charge is 0.287 e. The third-order valence-electron chi connectivity index (χ3n) is 3.84. The lowest BCUT2D eigenvalue weighted by Crippen LogP contribution is -2.23. The predicted molar refractivity (Wildman–Crippen MR) is 114 cm³/mol. The number of halogens is 6. The van der Waals surface area contributed by atoms with Gasteiger partial charge in [0.15, 0.2) is 11.5 Å². The molecular formula is C17H11Cl6N3O3. The summed E-state index contributed by atoms with van der Waals surface area (Å²) in [6.07, 6.45) is 1.50. The van der Waals surface area contributed by atoms with Gasteiger partial charge in [0.2, 0.25) is 0 Å². The number of amides is 1. The molecule has 0 radical (unpaired) electrons. The van der Waals surface area contributed by atoms with Crippen molar-refractivity contribution in [2.45, 2.75) is 13.2 Å². The maximum absolute atomic E-state index is 12.3. The van der Waals surface area contributed by atoms with Crippen LogP contribution < -0.4 is 10.1 Å². The largest absolute Gasteiger partial charge is 0.482 e. The van der Waals surface area contributed by atoms with Crippen molar-refractivity contribution in [3.8, 4) is 5.75 Å². The number of furan rings is 1. The lowest BCUT2D eigenvalue weighted by atomic mass is 10.3. The third-order valence-corrected chi connectivity index (χ3v) is 6.40. The second-order valence-corrected chi connectivity index (χ2v) is 8.00. The Balaban J connectivity index is 1.66. The second kappa shape index (κ2) is 9.25. The number of ether oxygens (including phenoxy) is 1. The molecule has 0 unspecified atom stereocenters. The first kappa shape index (κ1) is 22.4. The molecule has 0 aliphatic rings. The number of benzene rings is 1. The summed E-state index contributed by atoms with van der Waals surface area (Å²) in [6, 6.07) is 3.08. The fraction of sp³-hybridized carbons (Fsp3) is 0.176. The summed E-state index contributed by atoms with van der Waals surface area (Å²) >= 11 is 36.2. The van der Waals surface area contributed by atoms with Crippen LogP contribution >= 0.6 is 69.6 Å². The lowest BCUT2D eigenvalue weighted by Gasteiger charge is -2.12. The molecule has 1 aromatic carbocycles. The van der Waals surface area contributed by atoms with Crippen molar-refractivity contribution in [3.63, 3.8) is 0 Å². The van der Waals surface area contributed by atoms with E-state index in [0.717, 1.165) is 0 Å².